The van der Waals surface area contributed by atoms with Gasteiger partial charge in [-0.15, -0.1) is 0 Å². The van der Waals surface area contributed by atoms with E-state index in [0.29, 0.717) is 0 Å². The molecule has 0 bridgehead atoms. The third kappa shape index (κ3) is 11.4. The smallest absolute Gasteiger partial charge is 0.253 e. The molecule has 100 valence electrons. The van der Waals surface area contributed by atoms with Crippen LogP contribution in [-0.4, -0.2) is 10.8 Å². The highest BCUT2D eigenvalue weighted by molar-refractivity contribution is 5.72. The highest BCUT2D eigenvalue weighted by atomic mass is 35.5. The number of unbranched alkanes of at least 4 members (excludes halogenated alkanes) is 3. The van der Waals surface area contributed by atoms with Crippen LogP contribution in [0.2, 0.25) is 0 Å². The zero-order valence-electron chi connectivity index (χ0n) is 11.4. The van der Waals surface area contributed by atoms with Crippen LogP contribution in [0.5, 0.6) is 0 Å². The number of aromatic nitrogens is 2. The van der Waals surface area contributed by atoms with Crippen LogP contribution < -0.4 is 17.0 Å². The summed E-state index contributed by atoms with van der Waals surface area (Å²) in [5.74, 6) is 1.51. The van der Waals surface area contributed by atoms with Crippen LogP contribution in [0.1, 0.15) is 52.3 Å². The lowest BCUT2D eigenvalue weighted by Gasteiger charge is -1.95. The molecule has 3 nitrogen and oxygen atoms in total. The molecule has 1 aromatic heterocycles. The van der Waals surface area contributed by atoms with E-state index >= 15 is 0 Å². The molecule has 0 saturated carbocycles. The van der Waals surface area contributed by atoms with Crippen LogP contribution in [0.15, 0.2) is 12.4 Å². The highest BCUT2D eigenvalue weighted by Crippen LogP contribution is 2.02. The van der Waals surface area contributed by atoms with E-state index in [1.165, 1.54) is 51.8 Å². The van der Waals surface area contributed by atoms with Gasteiger partial charge in [-0.05, 0) is 20.3 Å². The van der Waals surface area contributed by atoms with E-state index in [0.717, 1.165) is 0 Å². The number of rotatable bonds is 5. The van der Waals surface area contributed by atoms with Crippen molar-refractivity contribution in [3.63, 3.8) is 0 Å². The maximum Gasteiger partial charge on any atom is 0.253 e. The van der Waals surface area contributed by atoms with Gasteiger partial charge in [0, 0.05) is 6.42 Å². The Morgan fingerprint density at radius 2 is 1.88 bits per heavy atom. The fraction of sp³-hybridized carbons (Fsp3) is 0.692. The molecule has 0 unspecified atom stereocenters. The van der Waals surface area contributed by atoms with Crippen LogP contribution in [0.25, 0.3) is 0 Å². The third-order valence-electron chi connectivity index (χ3n) is 2.24. The molecular weight excluding hydrogens is 236 g/mol. The molecule has 0 spiro atoms. The Morgan fingerprint density at radius 3 is 2.29 bits per heavy atom. The lowest BCUT2D eigenvalue weighted by atomic mass is 10.1. The summed E-state index contributed by atoms with van der Waals surface area (Å²) in [5.41, 5.74) is 0. The summed E-state index contributed by atoms with van der Waals surface area (Å²) in [4.78, 5) is 12.7. The number of nitrogens with one attached hydrogen (secondary N) is 1. The maximum atomic E-state index is 9.44. The van der Waals surface area contributed by atoms with Crippen LogP contribution in [-0.2, 0) is 18.3 Å². The first-order valence-electron chi connectivity index (χ1n) is 6.07. The van der Waals surface area contributed by atoms with Crippen molar-refractivity contribution >= 4 is 5.78 Å². The van der Waals surface area contributed by atoms with Gasteiger partial charge in [0.25, 0.3) is 5.82 Å². The number of hydrogen-bond donors (Lipinski definition) is 1. The minimum Gasteiger partial charge on any atom is -1.00 e. The number of aromatic amines is 1. The summed E-state index contributed by atoms with van der Waals surface area (Å²) in [7, 11) is 2.09. The molecule has 4 heteroatoms. The lowest BCUT2D eigenvalue weighted by molar-refractivity contribution is -0.677. The summed E-state index contributed by atoms with van der Waals surface area (Å²) in [6.07, 6.45) is 10.6. The van der Waals surface area contributed by atoms with Crippen molar-refractivity contribution in [1.29, 1.82) is 0 Å². The second-order valence-electron chi connectivity index (χ2n) is 4.24. The Kier molecular flexibility index (Phi) is 12.7. The molecule has 0 saturated heterocycles. The predicted octanol–water partition coefficient (Wildman–Crippen LogP) is -0.439. The zero-order valence-corrected chi connectivity index (χ0v) is 12.2. The standard InChI is InChI=1S/C10H18N2.C3H6O.ClH/c1-3-4-5-6-7-10-11-8-9-12(10)2;1-3(2)4;/h8-9H,3-7H2,1-2H3;1-2H3;1H. The number of ketones is 1. The van der Waals surface area contributed by atoms with Crippen LogP contribution in [0, 0.1) is 0 Å². The quantitative estimate of drug-likeness (QED) is 0.566. The average molecular weight is 261 g/mol. The minimum atomic E-state index is 0. The summed E-state index contributed by atoms with van der Waals surface area (Å²) in [6, 6.07) is 0. The normalized spacial score (nSPS) is 8.94. The number of aryl methyl sites for hydroxylation is 2. The molecule has 1 aromatic rings. The first-order valence-corrected chi connectivity index (χ1v) is 6.07. The minimum absolute atomic E-state index is 0. The zero-order chi connectivity index (χ0) is 12.4. The lowest BCUT2D eigenvalue weighted by Crippen LogP contribution is -3.00. The monoisotopic (exact) mass is 260 g/mol. The summed E-state index contributed by atoms with van der Waals surface area (Å²) in [5, 5.41) is 0. The molecule has 0 amide bonds. The van der Waals surface area contributed by atoms with E-state index in [1.54, 1.807) is 0 Å². The molecule has 1 N–H and O–H groups in total. The molecule has 1 heterocycles. The SMILES string of the molecule is CC(C)=O.CCCCCCc1[nH]cc[n+]1C.[Cl-]. The summed E-state index contributed by atoms with van der Waals surface area (Å²) >= 11 is 0. The fourth-order valence-electron chi connectivity index (χ4n) is 1.40. The Morgan fingerprint density at radius 1 is 1.29 bits per heavy atom. The third-order valence-corrected chi connectivity index (χ3v) is 2.24. The average Bonchev–Trinajstić information content (AvgIpc) is 2.58. The van der Waals surface area contributed by atoms with Gasteiger partial charge in [-0.3, -0.25) is 0 Å². The molecule has 0 aliphatic heterocycles. The predicted molar refractivity (Wildman–Crippen MR) is 66.2 cm³/mol. The number of imidazole rings is 1. The second kappa shape index (κ2) is 11.6. The van der Waals surface area contributed by atoms with Gasteiger partial charge in [0.05, 0.1) is 7.05 Å². The number of halogens is 1. The Bertz CT molecular complexity index is 293. The summed E-state index contributed by atoms with van der Waals surface area (Å²) < 4.78 is 2.16. The number of H-pyrrole nitrogens is 1. The first kappa shape index (κ1) is 18.5. The molecular formula is C13H25ClN2O. The number of nitrogens with zero attached hydrogens (tertiary/aromatic N) is 1. The van der Waals surface area contributed by atoms with E-state index in [-0.39, 0.29) is 18.2 Å². The number of hydrogen-bond acceptors (Lipinski definition) is 1. The first-order chi connectivity index (χ1) is 7.57. The Hall–Kier alpha value is -0.830. The molecule has 17 heavy (non-hydrogen) atoms. The van der Waals surface area contributed by atoms with Crippen molar-refractivity contribution < 1.29 is 21.8 Å². The van der Waals surface area contributed by atoms with Crippen molar-refractivity contribution in [3.05, 3.63) is 18.2 Å². The van der Waals surface area contributed by atoms with Crippen molar-refractivity contribution in [2.24, 2.45) is 7.05 Å². The van der Waals surface area contributed by atoms with Gasteiger partial charge in [-0.2, -0.15) is 0 Å². The van der Waals surface area contributed by atoms with E-state index in [2.05, 4.69) is 29.7 Å². The van der Waals surface area contributed by atoms with E-state index in [9.17, 15) is 4.79 Å². The van der Waals surface area contributed by atoms with Crippen LogP contribution >= 0.6 is 0 Å². The molecule has 0 atom stereocenters. The largest absolute Gasteiger partial charge is 1.00 e. The van der Waals surface area contributed by atoms with E-state index in [4.69, 9.17) is 0 Å². The molecule has 0 aliphatic carbocycles. The van der Waals surface area contributed by atoms with Gasteiger partial charge in [-0.1, -0.05) is 26.2 Å². The second-order valence-corrected chi connectivity index (χ2v) is 4.24. The van der Waals surface area contributed by atoms with Crippen LogP contribution in [0.3, 0.4) is 0 Å². The number of carbonyl (C=O) groups excluding carboxylic acids is 1. The molecule has 0 fully saturated rings. The number of carbonyl (C=O) groups is 1. The topological polar surface area (TPSA) is 36.7 Å². The van der Waals surface area contributed by atoms with Crippen molar-refractivity contribution in [2.75, 3.05) is 0 Å². The summed E-state index contributed by atoms with van der Waals surface area (Å²) in [6.45, 7) is 5.30. The van der Waals surface area contributed by atoms with Gasteiger partial charge >= 0.3 is 0 Å². The molecule has 0 radical (unpaired) electrons. The van der Waals surface area contributed by atoms with Gasteiger partial charge in [0.2, 0.25) is 0 Å². The van der Waals surface area contributed by atoms with E-state index < -0.39 is 0 Å². The van der Waals surface area contributed by atoms with Crippen molar-refractivity contribution in [1.82, 2.24) is 4.98 Å². The highest BCUT2D eigenvalue weighted by Gasteiger charge is 2.04. The van der Waals surface area contributed by atoms with Crippen molar-refractivity contribution in [3.8, 4) is 0 Å². The molecule has 0 aliphatic rings. The fourth-order valence-corrected chi connectivity index (χ4v) is 1.40. The van der Waals surface area contributed by atoms with Gasteiger partial charge < -0.3 is 17.2 Å². The van der Waals surface area contributed by atoms with Crippen molar-refractivity contribution in [2.45, 2.75) is 52.9 Å². The van der Waals surface area contributed by atoms with Gasteiger partial charge in [0.15, 0.2) is 0 Å². The van der Waals surface area contributed by atoms with Gasteiger partial charge in [0.1, 0.15) is 18.2 Å². The van der Waals surface area contributed by atoms with Crippen LogP contribution in [0.4, 0.5) is 0 Å². The van der Waals surface area contributed by atoms with Gasteiger partial charge in [-0.25, -0.2) is 9.55 Å². The molecule has 0 aromatic carbocycles. The number of Topliss-reactive ketones (excluding diaryl/α,β-unsaturated/α-hetero) is 1. The maximum absolute atomic E-state index is 9.44. The Balaban J connectivity index is 0. The van der Waals surface area contributed by atoms with E-state index in [1.807, 2.05) is 6.20 Å². The molecule has 1 rings (SSSR count). The Labute approximate surface area is 111 Å².